The van der Waals surface area contributed by atoms with Gasteiger partial charge < -0.3 is 15.1 Å². The summed E-state index contributed by atoms with van der Waals surface area (Å²) in [6, 6.07) is 10.3. The molecule has 0 saturated carbocycles. The fraction of sp³-hybridized carbons (Fsp3) is 0.588. The van der Waals surface area contributed by atoms with Crippen molar-refractivity contribution in [3.8, 4) is 0 Å². The number of sulfonamides is 1. The first-order valence-electron chi connectivity index (χ1n) is 8.67. The van der Waals surface area contributed by atoms with Crippen molar-refractivity contribution in [3.63, 3.8) is 0 Å². The minimum atomic E-state index is -3.25. The number of hydrogen-bond donors (Lipinski definition) is 2. The van der Waals surface area contributed by atoms with Crippen molar-refractivity contribution in [2.45, 2.75) is 19.9 Å². The van der Waals surface area contributed by atoms with Crippen molar-refractivity contribution < 1.29 is 8.42 Å². The topological polar surface area (TPSA) is 77.0 Å². The molecule has 26 heavy (non-hydrogen) atoms. The van der Waals surface area contributed by atoms with Gasteiger partial charge >= 0.3 is 0 Å². The number of hydrogen-bond acceptors (Lipinski definition) is 4. The van der Waals surface area contributed by atoms with Crippen LogP contribution in [-0.2, 0) is 10.0 Å². The van der Waals surface area contributed by atoms with E-state index in [2.05, 4.69) is 37.0 Å². The van der Waals surface area contributed by atoms with Crippen LogP contribution in [0.4, 0.5) is 5.69 Å². The van der Waals surface area contributed by atoms with Crippen molar-refractivity contribution in [3.05, 3.63) is 30.3 Å². The number of benzene rings is 1. The largest absolute Gasteiger partial charge is 0.368 e. The lowest BCUT2D eigenvalue weighted by molar-refractivity contribution is 0.373. The Hall–Kier alpha value is -1.07. The Bertz CT molecular complexity index is 659. The predicted octanol–water partition coefficient (Wildman–Crippen LogP) is 1.33. The summed E-state index contributed by atoms with van der Waals surface area (Å²) in [5, 5.41) is 3.16. The number of halogens is 1. The third-order valence-corrected chi connectivity index (χ3v) is 5.55. The Balaban J connectivity index is 0.00000338. The molecule has 0 aromatic heterocycles. The van der Waals surface area contributed by atoms with E-state index in [4.69, 9.17) is 0 Å². The second-order valence-electron chi connectivity index (χ2n) is 6.38. The van der Waals surface area contributed by atoms with Crippen LogP contribution in [0.1, 0.15) is 13.8 Å². The number of rotatable bonds is 6. The lowest BCUT2D eigenvalue weighted by Crippen LogP contribution is -2.53. The molecule has 1 fully saturated rings. The van der Waals surface area contributed by atoms with Gasteiger partial charge in [-0.3, -0.25) is 4.99 Å². The van der Waals surface area contributed by atoms with Crippen LogP contribution in [0, 0.1) is 0 Å². The summed E-state index contributed by atoms with van der Waals surface area (Å²) in [6.45, 7) is 7.51. The van der Waals surface area contributed by atoms with Gasteiger partial charge in [-0.25, -0.2) is 13.1 Å². The Kier molecular flexibility index (Phi) is 9.66. The number of aliphatic imine (C=N–C) groups is 1. The minimum absolute atomic E-state index is 0. The highest BCUT2D eigenvalue weighted by Gasteiger charge is 2.20. The summed E-state index contributed by atoms with van der Waals surface area (Å²) in [5.74, 6) is 0.793. The van der Waals surface area contributed by atoms with Crippen LogP contribution in [-0.4, -0.2) is 70.8 Å². The summed E-state index contributed by atoms with van der Waals surface area (Å²) in [7, 11) is -1.53. The van der Waals surface area contributed by atoms with Crippen molar-refractivity contribution in [2.24, 2.45) is 4.99 Å². The molecule has 1 saturated heterocycles. The SMILES string of the molecule is CN=C(NCCS(=O)(=O)NC(C)C)N1CCN(c2ccccc2)CC1.I. The second-order valence-corrected chi connectivity index (χ2v) is 8.25. The van der Waals surface area contributed by atoms with Crippen molar-refractivity contribution in [1.82, 2.24) is 14.9 Å². The monoisotopic (exact) mass is 495 g/mol. The van der Waals surface area contributed by atoms with Crippen molar-refractivity contribution >= 4 is 45.6 Å². The molecule has 0 bridgehead atoms. The number of para-hydroxylation sites is 1. The zero-order valence-corrected chi connectivity index (χ0v) is 18.8. The molecule has 1 aromatic rings. The molecule has 0 radical (unpaired) electrons. The number of nitrogens with one attached hydrogen (secondary N) is 2. The van der Waals surface area contributed by atoms with Gasteiger partial charge in [0.25, 0.3) is 0 Å². The lowest BCUT2D eigenvalue weighted by atomic mass is 10.2. The molecule has 1 aromatic carbocycles. The van der Waals surface area contributed by atoms with Gasteiger partial charge in [0.05, 0.1) is 5.75 Å². The van der Waals surface area contributed by atoms with E-state index in [-0.39, 0.29) is 35.8 Å². The molecule has 0 atom stereocenters. The maximum atomic E-state index is 11.9. The zero-order chi connectivity index (χ0) is 18.3. The Morgan fingerprint density at radius 1 is 1.15 bits per heavy atom. The molecule has 2 rings (SSSR count). The zero-order valence-electron chi connectivity index (χ0n) is 15.7. The third-order valence-electron chi connectivity index (χ3n) is 3.98. The van der Waals surface area contributed by atoms with Crippen LogP contribution in [0.25, 0.3) is 0 Å². The summed E-state index contributed by atoms with van der Waals surface area (Å²) >= 11 is 0. The molecule has 0 unspecified atom stereocenters. The fourth-order valence-corrected chi connectivity index (χ4v) is 4.07. The van der Waals surface area contributed by atoms with E-state index in [1.54, 1.807) is 7.05 Å². The van der Waals surface area contributed by atoms with Gasteiger partial charge in [0.1, 0.15) is 0 Å². The molecule has 7 nitrogen and oxygen atoms in total. The van der Waals surface area contributed by atoms with Gasteiger partial charge in [-0.15, -0.1) is 24.0 Å². The minimum Gasteiger partial charge on any atom is -0.368 e. The van der Waals surface area contributed by atoms with Gasteiger partial charge in [-0.05, 0) is 26.0 Å². The quantitative estimate of drug-likeness (QED) is 0.354. The van der Waals surface area contributed by atoms with Crippen molar-refractivity contribution in [1.29, 1.82) is 0 Å². The molecule has 148 valence electrons. The van der Waals surface area contributed by atoms with Crippen LogP contribution in [0.3, 0.4) is 0 Å². The smallest absolute Gasteiger partial charge is 0.213 e. The summed E-state index contributed by atoms with van der Waals surface area (Å²) < 4.78 is 26.3. The van der Waals surface area contributed by atoms with E-state index in [0.29, 0.717) is 6.54 Å². The highest BCUT2D eigenvalue weighted by molar-refractivity contribution is 14.0. The van der Waals surface area contributed by atoms with Crippen LogP contribution >= 0.6 is 24.0 Å². The molecule has 1 heterocycles. The van der Waals surface area contributed by atoms with E-state index in [1.165, 1.54) is 5.69 Å². The standard InChI is InChI=1S/C17H29N5O2S.HI/c1-15(2)20-25(23,24)14-9-19-17(18-3)22-12-10-21(11-13-22)16-7-5-4-6-8-16;/h4-8,15,20H,9-14H2,1-3H3,(H,18,19);1H. The molecule has 1 aliphatic rings. The van der Waals surface area contributed by atoms with Crippen LogP contribution < -0.4 is 14.9 Å². The van der Waals surface area contributed by atoms with E-state index in [9.17, 15) is 8.42 Å². The molecular formula is C17H30IN5O2S. The van der Waals surface area contributed by atoms with Gasteiger partial charge in [0.15, 0.2) is 5.96 Å². The number of piperazine rings is 1. The number of anilines is 1. The molecule has 1 aliphatic heterocycles. The van der Waals surface area contributed by atoms with Gasteiger partial charge in [-0.2, -0.15) is 0 Å². The average molecular weight is 495 g/mol. The molecule has 0 spiro atoms. The normalized spacial score (nSPS) is 15.8. The molecule has 9 heteroatoms. The number of guanidine groups is 1. The maximum absolute atomic E-state index is 11.9. The summed E-state index contributed by atoms with van der Waals surface area (Å²) in [5.41, 5.74) is 1.23. The average Bonchev–Trinajstić information content (AvgIpc) is 2.58. The highest BCUT2D eigenvalue weighted by atomic mass is 127. The van der Waals surface area contributed by atoms with Crippen LogP contribution in [0.15, 0.2) is 35.3 Å². The van der Waals surface area contributed by atoms with Gasteiger partial charge in [-0.1, -0.05) is 18.2 Å². The molecule has 0 aliphatic carbocycles. The number of nitrogens with zero attached hydrogens (tertiary/aromatic N) is 3. The first kappa shape index (κ1) is 23.0. The first-order chi connectivity index (χ1) is 11.9. The van der Waals surface area contributed by atoms with E-state index in [1.807, 2.05) is 32.0 Å². The Morgan fingerprint density at radius 3 is 2.31 bits per heavy atom. The highest BCUT2D eigenvalue weighted by Crippen LogP contribution is 2.15. The van der Waals surface area contributed by atoms with Crippen LogP contribution in [0.2, 0.25) is 0 Å². The van der Waals surface area contributed by atoms with Crippen LogP contribution in [0.5, 0.6) is 0 Å². The molecular weight excluding hydrogens is 465 g/mol. The maximum Gasteiger partial charge on any atom is 0.213 e. The predicted molar refractivity (Wildman–Crippen MR) is 119 cm³/mol. The Morgan fingerprint density at radius 2 is 1.77 bits per heavy atom. The molecule has 2 N–H and O–H groups in total. The van der Waals surface area contributed by atoms with Crippen molar-refractivity contribution in [2.75, 3.05) is 50.4 Å². The third kappa shape index (κ3) is 7.28. The van der Waals surface area contributed by atoms with Gasteiger partial charge in [0.2, 0.25) is 10.0 Å². The second kappa shape index (κ2) is 10.9. The van der Waals surface area contributed by atoms with E-state index >= 15 is 0 Å². The summed E-state index contributed by atoms with van der Waals surface area (Å²) in [6.07, 6.45) is 0. The Labute approximate surface area is 174 Å². The fourth-order valence-electron chi connectivity index (χ4n) is 2.86. The van der Waals surface area contributed by atoms with Gasteiger partial charge in [0, 0.05) is 51.5 Å². The molecule has 0 amide bonds. The van der Waals surface area contributed by atoms with E-state index < -0.39 is 10.0 Å². The first-order valence-corrected chi connectivity index (χ1v) is 10.3. The van der Waals surface area contributed by atoms with E-state index in [0.717, 1.165) is 32.1 Å². The lowest BCUT2D eigenvalue weighted by Gasteiger charge is -2.37. The summed E-state index contributed by atoms with van der Waals surface area (Å²) in [4.78, 5) is 8.80.